The molecule has 5 rings (SSSR count). The van der Waals surface area contributed by atoms with Gasteiger partial charge in [0.2, 0.25) is 0 Å². The van der Waals surface area contributed by atoms with Crippen LogP contribution in [0.4, 0.5) is 11.5 Å². The normalized spacial score (nSPS) is 14.9. The van der Waals surface area contributed by atoms with Crippen LogP contribution in [-0.4, -0.2) is 64.2 Å². The summed E-state index contributed by atoms with van der Waals surface area (Å²) in [6.45, 7) is 4.10. The fraction of sp³-hybridized carbons (Fsp3) is 0.227. The molecule has 0 bridgehead atoms. The van der Waals surface area contributed by atoms with Crippen LogP contribution in [0.3, 0.4) is 0 Å². The van der Waals surface area contributed by atoms with E-state index in [1.807, 2.05) is 48.5 Å². The number of likely N-dealkylation sites (N-methyl/N-ethyl adjacent to an activating group) is 1. The molecule has 3 N–H and O–H groups in total. The number of rotatable bonds is 4. The minimum atomic E-state index is -0.192. The number of nitrogens with zero attached hydrogens (tertiary/aromatic N) is 4. The molecule has 0 unspecified atom stereocenters. The van der Waals surface area contributed by atoms with E-state index in [9.17, 15) is 4.79 Å². The second-order valence-corrected chi connectivity index (χ2v) is 7.56. The van der Waals surface area contributed by atoms with E-state index in [-0.39, 0.29) is 5.91 Å². The van der Waals surface area contributed by atoms with Crippen molar-refractivity contribution in [2.45, 2.75) is 0 Å². The summed E-state index contributed by atoms with van der Waals surface area (Å²) < 4.78 is 0. The summed E-state index contributed by atoms with van der Waals surface area (Å²) in [5.41, 5.74) is 4.29. The third-order valence-electron chi connectivity index (χ3n) is 5.46. The molecule has 0 spiro atoms. The highest BCUT2D eigenvalue weighted by Crippen LogP contribution is 2.21. The third-order valence-corrected chi connectivity index (χ3v) is 5.46. The Labute approximate surface area is 173 Å². The Hall–Kier alpha value is -3.65. The van der Waals surface area contributed by atoms with Gasteiger partial charge in [-0.05, 0) is 43.4 Å². The summed E-state index contributed by atoms with van der Waals surface area (Å²) in [7, 11) is 2.14. The topological polar surface area (TPSA) is 92.9 Å². The van der Waals surface area contributed by atoms with Crippen molar-refractivity contribution < 1.29 is 4.79 Å². The highest BCUT2D eigenvalue weighted by molar-refractivity contribution is 6.04. The van der Waals surface area contributed by atoms with Crippen LogP contribution in [0.1, 0.15) is 10.4 Å². The molecule has 2 aromatic carbocycles. The summed E-state index contributed by atoms with van der Waals surface area (Å²) >= 11 is 0. The number of carbonyl (C=O) groups excluding carboxylic acids is 1. The molecule has 8 heteroatoms. The molecule has 2 aromatic heterocycles. The minimum Gasteiger partial charge on any atom is -0.369 e. The number of aromatic nitrogens is 4. The molecule has 0 atom stereocenters. The van der Waals surface area contributed by atoms with Gasteiger partial charge in [-0.15, -0.1) is 0 Å². The zero-order chi connectivity index (χ0) is 20.5. The Balaban J connectivity index is 1.26. The Bertz CT molecular complexity index is 1140. The number of piperazine rings is 1. The molecular formula is C22H23N7O. The number of benzene rings is 2. The molecule has 30 heavy (non-hydrogen) atoms. The lowest BCUT2D eigenvalue weighted by Crippen LogP contribution is -2.44. The van der Waals surface area contributed by atoms with Crippen LogP contribution < -0.4 is 10.2 Å². The van der Waals surface area contributed by atoms with Gasteiger partial charge in [0.15, 0.2) is 11.6 Å². The second-order valence-electron chi connectivity index (χ2n) is 7.56. The molecule has 3 heterocycles. The molecule has 4 aromatic rings. The smallest absolute Gasteiger partial charge is 0.256 e. The van der Waals surface area contributed by atoms with E-state index in [2.05, 4.69) is 42.3 Å². The zero-order valence-electron chi connectivity index (χ0n) is 16.7. The summed E-state index contributed by atoms with van der Waals surface area (Å²) in [6.07, 6.45) is 0. The third kappa shape index (κ3) is 3.65. The number of hydrogen-bond donors (Lipinski definition) is 3. The van der Waals surface area contributed by atoms with Crippen molar-refractivity contribution in [1.82, 2.24) is 25.1 Å². The molecule has 8 nitrogen and oxygen atoms in total. The van der Waals surface area contributed by atoms with E-state index in [0.29, 0.717) is 22.9 Å². The average Bonchev–Trinajstić information content (AvgIpc) is 3.41. The predicted octanol–water partition coefficient (Wildman–Crippen LogP) is 2.96. The Morgan fingerprint density at radius 1 is 1.03 bits per heavy atom. The standard InChI is InChI=1S/C22H23N7O/c1-28-10-12-29(13-11-28)16-8-6-15(7-9-16)22(30)25-20-14-19(26-27-20)21-23-17-4-2-3-5-18(17)24-21/h2-9,14H,10-13H2,1H3,(H,23,24)(H2,25,26,27,30). The molecule has 152 valence electrons. The fourth-order valence-corrected chi connectivity index (χ4v) is 3.66. The average molecular weight is 401 g/mol. The quantitative estimate of drug-likeness (QED) is 0.489. The van der Waals surface area contributed by atoms with Crippen LogP contribution in [0.25, 0.3) is 22.6 Å². The number of para-hydroxylation sites is 2. The maximum Gasteiger partial charge on any atom is 0.256 e. The molecule has 1 aliphatic heterocycles. The number of anilines is 2. The number of imidazole rings is 1. The van der Waals surface area contributed by atoms with E-state index in [1.54, 1.807) is 6.07 Å². The minimum absolute atomic E-state index is 0.192. The van der Waals surface area contributed by atoms with E-state index in [4.69, 9.17) is 0 Å². The summed E-state index contributed by atoms with van der Waals surface area (Å²) in [5, 5.41) is 9.97. The number of hydrogen-bond acceptors (Lipinski definition) is 5. The SMILES string of the molecule is CN1CCN(c2ccc(C(=O)Nc3cc(-c4nc5ccccc5[nH]4)[nH]n3)cc2)CC1. The summed E-state index contributed by atoms with van der Waals surface area (Å²) in [5.74, 6) is 0.946. The van der Waals surface area contributed by atoms with Crippen LogP contribution in [0.15, 0.2) is 54.6 Å². The monoisotopic (exact) mass is 401 g/mol. The van der Waals surface area contributed by atoms with Crippen LogP contribution in [0.5, 0.6) is 0 Å². The van der Waals surface area contributed by atoms with Gasteiger partial charge in [0.1, 0.15) is 5.69 Å². The van der Waals surface area contributed by atoms with Crippen LogP contribution in [0.2, 0.25) is 0 Å². The van der Waals surface area contributed by atoms with Gasteiger partial charge < -0.3 is 20.1 Å². The van der Waals surface area contributed by atoms with Crippen LogP contribution in [0, 0.1) is 0 Å². The second kappa shape index (κ2) is 7.64. The van der Waals surface area contributed by atoms with Gasteiger partial charge in [0.25, 0.3) is 5.91 Å². The van der Waals surface area contributed by atoms with Crippen molar-refractivity contribution >= 4 is 28.4 Å². The van der Waals surface area contributed by atoms with Crippen LogP contribution in [-0.2, 0) is 0 Å². The Morgan fingerprint density at radius 2 is 1.80 bits per heavy atom. The molecule has 0 saturated carbocycles. The Kier molecular flexibility index (Phi) is 4.68. The molecule has 1 amide bonds. The van der Waals surface area contributed by atoms with E-state index in [0.717, 1.165) is 42.9 Å². The van der Waals surface area contributed by atoms with Crippen molar-refractivity contribution in [3.8, 4) is 11.5 Å². The number of nitrogens with one attached hydrogen (secondary N) is 3. The van der Waals surface area contributed by atoms with E-state index < -0.39 is 0 Å². The highest BCUT2D eigenvalue weighted by atomic mass is 16.1. The van der Waals surface area contributed by atoms with Gasteiger partial charge in [0.05, 0.1) is 11.0 Å². The molecule has 0 aliphatic carbocycles. The number of aromatic amines is 2. The van der Waals surface area contributed by atoms with Gasteiger partial charge in [-0.3, -0.25) is 9.89 Å². The first-order valence-electron chi connectivity index (χ1n) is 10.0. The molecule has 1 fully saturated rings. The van der Waals surface area contributed by atoms with Gasteiger partial charge >= 0.3 is 0 Å². The fourth-order valence-electron chi connectivity index (χ4n) is 3.66. The largest absolute Gasteiger partial charge is 0.369 e. The number of carbonyl (C=O) groups is 1. The van der Waals surface area contributed by atoms with E-state index >= 15 is 0 Å². The lowest BCUT2D eigenvalue weighted by molar-refractivity contribution is 0.102. The molecule has 0 radical (unpaired) electrons. The molecule has 1 aliphatic rings. The van der Waals surface area contributed by atoms with Gasteiger partial charge in [-0.25, -0.2) is 4.98 Å². The molecular weight excluding hydrogens is 378 g/mol. The highest BCUT2D eigenvalue weighted by Gasteiger charge is 2.15. The Morgan fingerprint density at radius 3 is 2.57 bits per heavy atom. The first-order chi connectivity index (χ1) is 14.7. The first-order valence-corrected chi connectivity index (χ1v) is 10.0. The zero-order valence-corrected chi connectivity index (χ0v) is 16.7. The van der Waals surface area contributed by atoms with Gasteiger partial charge in [-0.2, -0.15) is 5.10 Å². The lowest BCUT2D eigenvalue weighted by Gasteiger charge is -2.34. The maximum atomic E-state index is 12.6. The van der Waals surface area contributed by atoms with Crippen molar-refractivity contribution in [2.75, 3.05) is 43.4 Å². The van der Waals surface area contributed by atoms with Gasteiger partial charge in [-0.1, -0.05) is 12.1 Å². The van der Waals surface area contributed by atoms with Crippen molar-refractivity contribution in [3.63, 3.8) is 0 Å². The van der Waals surface area contributed by atoms with Gasteiger partial charge in [0, 0.05) is 43.5 Å². The maximum absolute atomic E-state index is 12.6. The summed E-state index contributed by atoms with van der Waals surface area (Å²) in [4.78, 5) is 25.1. The van der Waals surface area contributed by atoms with E-state index in [1.165, 1.54) is 0 Å². The number of H-pyrrole nitrogens is 2. The lowest BCUT2D eigenvalue weighted by atomic mass is 10.1. The summed E-state index contributed by atoms with van der Waals surface area (Å²) in [6, 6.07) is 17.3. The number of amides is 1. The first kappa shape index (κ1) is 18.4. The van der Waals surface area contributed by atoms with Crippen molar-refractivity contribution in [1.29, 1.82) is 0 Å². The molecule has 1 saturated heterocycles. The van der Waals surface area contributed by atoms with Crippen molar-refractivity contribution in [3.05, 3.63) is 60.2 Å². The van der Waals surface area contributed by atoms with Crippen molar-refractivity contribution in [2.24, 2.45) is 0 Å². The predicted molar refractivity (Wildman–Crippen MR) is 118 cm³/mol. The van der Waals surface area contributed by atoms with Crippen LogP contribution >= 0.6 is 0 Å². The number of fused-ring (bicyclic) bond motifs is 1.